The van der Waals surface area contributed by atoms with Crippen LogP contribution < -0.4 is 14.8 Å². The fourth-order valence-corrected chi connectivity index (χ4v) is 3.65. The van der Waals surface area contributed by atoms with Gasteiger partial charge in [0.15, 0.2) is 0 Å². The Labute approximate surface area is 174 Å². The summed E-state index contributed by atoms with van der Waals surface area (Å²) in [7, 11) is 0. The quantitative estimate of drug-likeness (QED) is 0.540. The number of carbonyl (C=O) groups is 1. The molecule has 0 heterocycles. The standard InChI is InChI=1S/C25H33NO3/c1-19(2)18-29-24-10-6-9-21(17-24)25(27)26-22-11-13-23(14-12-22)28-16-15-20-7-4-3-5-8-20/h6,9-14,17,19-20H,3-5,7-8,15-16,18H2,1-2H3,(H,26,27). The van der Waals surface area contributed by atoms with Crippen LogP contribution in [0.5, 0.6) is 11.5 Å². The van der Waals surface area contributed by atoms with Crippen LogP contribution in [0.25, 0.3) is 0 Å². The highest BCUT2D eigenvalue weighted by Gasteiger charge is 2.13. The smallest absolute Gasteiger partial charge is 0.255 e. The van der Waals surface area contributed by atoms with Gasteiger partial charge in [0.1, 0.15) is 11.5 Å². The lowest BCUT2D eigenvalue weighted by atomic mass is 9.87. The number of ether oxygens (including phenoxy) is 2. The molecule has 0 aliphatic heterocycles. The van der Waals surface area contributed by atoms with Gasteiger partial charge in [-0.1, -0.05) is 52.0 Å². The van der Waals surface area contributed by atoms with Gasteiger partial charge < -0.3 is 14.8 Å². The first-order chi connectivity index (χ1) is 14.1. The Bertz CT molecular complexity index is 764. The van der Waals surface area contributed by atoms with Crippen molar-refractivity contribution in [1.29, 1.82) is 0 Å². The molecule has 1 amide bonds. The third kappa shape index (κ3) is 7.12. The SMILES string of the molecule is CC(C)COc1cccc(C(=O)Nc2ccc(OCCC3CCCCC3)cc2)c1. The number of anilines is 1. The molecular weight excluding hydrogens is 362 g/mol. The van der Waals surface area contributed by atoms with Crippen LogP contribution in [0.1, 0.15) is 62.7 Å². The van der Waals surface area contributed by atoms with Crippen molar-refractivity contribution in [2.75, 3.05) is 18.5 Å². The molecule has 1 aliphatic carbocycles. The fraction of sp³-hybridized carbons (Fsp3) is 0.480. The molecular formula is C25H33NO3. The molecule has 0 atom stereocenters. The van der Waals surface area contributed by atoms with E-state index in [1.165, 1.54) is 32.1 Å². The molecule has 3 rings (SSSR count). The van der Waals surface area contributed by atoms with Crippen molar-refractivity contribution in [2.24, 2.45) is 11.8 Å². The summed E-state index contributed by atoms with van der Waals surface area (Å²) in [6.45, 7) is 5.59. The number of hydrogen-bond acceptors (Lipinski definition) is 3. The maximum Gasteiger partial charge on any atom is 0.255 e. The molecule has 0 radical (unpaired) electrons. The second kappa shape index (κ2) is 10.9. The van der Waals surface area contributed by atoms with E-state index in [0.29, 0.717) is 23.8 Å². The Morgan fingerprint density at radius 2 is 1.76 bits per heavy atom. The highest BCUT2D eigenvalue weighted by atomic mass is 16.5. The van der Waals surface area contributed by atoms with Gasteiger partial charge in [0.2, 0.25) is 0 Å². The third-order valence-electron chi connectivity index (χ3n) is 5.31. The van der Waals surface area contributed by atoms with E-state index >= 15 is 0 Å². The van der Waals surface area contributed by atoms with Gasteiger partial charge >= 0.3 is 0 Å². The van der Waals surface area contributed by atoms with E-state index in [4.69, 9.17) is 9.47 Å². The highest BCUT2D eigenvalue weighted by Crippen LogP contribution is 2.26. The van der Waals surface area contributed by atoms with Crippen LogP contribution in [-0.2, 0) is 0 Å². The molecule has 4 heteroatoms. The molecule has 0 saturated heterocycles. The minimum atomic E-state index is -0.147. The van der Waals surface area contributed by atoms with Crippen molar-refractivity contribution in [1.82, 2.24) is 0 Å². The van der Waals surface area contributed by atoms with E-state index in [2.05, 4.69) is 19.2 Å². The molecule has 1 aliphatic rings. The minimum Gasteiger partial charge on any atom is -0.494 e. The maximum absolute atomic E-state index is 12.5. The lowest BCUT2D eigenvalue weighted by molar-refractivity contribution is 0.102. The normalized spacial score (nSPS) is 14.6. The summed E-state index contributed by atoms with van der Waals surface area (Å²) in [4.78, 5) is 12.5. The maximum atomic E-state index is 12.5. The summed E-state index contributed by atoms with van der Waals surface area (Å²) in [6, 6.07) is 14.9. The second-order valence-corrected chi connectivity index (χ2v) is 8.35. The Hall–Kier alpha value is -2.49. The van der Waals surface area contributed by atoms with Crippen molar-refractivity contribution in [3.63, 3.8) is 0 Å². The summed E-state index contributed by atoms with van der Waals surface area (Å²) >= 11 is 0. The first-order valence-corrected chi connectivity index (χ1v) is 10.9. The van der Waals surface area contributed by atoms with Crippen LogP contribution in [0.4, 0.5) is 5.69 Å². The topological polar surface area (TPSA) is 47.6 Å². The number of rotatable bonds is 9. The van der Waals surface area contributed by atoms with Gasteiger partial charge in [-0.15, -0.1) is 0 Å². The lowest BCUT2D eigenvalue weighted by Crippen LogP contribution is -2.12. The number of hydrogen-bond donors (Lipinski definition) is 1. The van der Waals surface area contributed by atoms with Gasteiger partial charge in [0.25, 0.3) is 5.91 Å². The molecule has 1 fully saturated rings. The lowest BCUT2D eigenvalue weighted by Gasteiger charge is -2.21. The van der Waals surface area contributed by atoms with Crippen molar-refractivity contribution in [3.05, 3.63) is 54.1 Å². The summed E-state index contributed by atoms with van der Waals surface area (Å²) in [5, 5.41) is 2.94. The Balaban J connectivity index is 1.47. The Morgan fingerprint density at radius 3 is 2.48 bits per heavy atom. The van der Waals surface area contributed by atoms with E-state index in [0.717, 1.165) is 30.4 Å². The molecule has 2 aromatic carbocycles. The zero-order chi connectivity index (χ0) is 20.5. The predicted octanol–water partition coefficient (Wildman–Crippen LogP) is 6.32. The molecule has 1 saturated carbocycles. The summed E-state index contributed by atoms with van der Waals surface area (Å²) in [6.07, 6.45) is 7.95. The Morgan fingerprint density at radius 1 is 1.00 bits per heavy atom. The molecule has 0 spiro atoms. The van der Waals surface area contributed by atoms with Crippen LogP contribution in [0.2, 0.25) is 0 Å². The summed E-state index contributed by atoms with van der Waals surface area (Å²) in [5.74, 6) is 2.68. The molecule has 1 N–H and O–H groups in total. The van der Waals surface area contributed by atoms with Crippen molar-refractivity contribution < 1.29 is 14.3 Å². The number of benzene rings is 2. The average Bonchev–Trinajstić information content (AvgIpc) is 2.74. The van der Waals surface area contributed by atoms with Crippen molar-refractivity contribution in [2.45, 2.75) is 52.4 Å². The zero-order valence-electron chi connectivity index (χ0n) is 17.7. The van der Waals surface area contributed by atoms with E-state index in [1.807, 2.05) is 36.4 Å². The van der Waals surface area contributed by atoms with Gasteiger partial charge in [-0.05, 0) is 60.7 Å². The highest BCUT2D eigenvalue weighted by molar-refractivity contribution is 6.04. The molecule has 0 bridgehead atoms. The van der Waals surface area contributed by atoms with Crippen LogP contribution >= 0.6 is 0 Å². The van der Waals surface area contributed by atoms with Gasteiger partial charge in [0, 0.05) is 11.3 Å². The van der Waals surface area contributed by atoms with E-state index in [1.54, 1.807) is 12.1 Å². The average molecular weight is 396 g/mol. The minimum absolute atomic E-state index is 0.147. The monoisotopic (exact) mass is 395 g/mol. The summed E-state index contributed by atoms with van der Waals surface area (Å²) < 4.78 is 11.6. The van der Waals surface area contributed by atoms with Gasteiger partial charge in [-0.3, -0.25) is 4.79 Å². The molecule has 0 unspecified atom stereocenters. The van der Waals surface area contributed by atoms with E-state index < -0.39 is 0 Å². The number of nitrogens with one attached hydrogen (secondary N) is 1. The Kier molecular flexibility index (Phi) is 7.97. The van der Waals surface area contributed by atoms with Crippen molar-refractivity contribution >= 4 is 11.6 Å². The molecule has 156 valence electrons. The predicted molar refractivity (Wildman–Crippen MR) is 118 cm³/mol. The van der Waals surface area contributed by atoms with Crippen LogP contribution in [0.15, 0.2) is 48.5 Å². The van der Waals surface area contributed by atoms with Crippen LogP contribution in [-0.4, -0.2) is 19.1 Å². The molecule has 0 aromatic heterocycles. The largest absolute Gasteiger partial charge is 0.494 e. The van der Waals surface area contributed by atoms with Gasteiger partial charge in [0.05, 0.1) is 13.2 Å². The second-order valence-electron chi connectivity index (χ2n) is 8.35. The molecule has 2 aromatic rings. The first-order valence-electron chi connectivity index (χ1n) is 10.9. The first kappa shape index (κ1) is 21.2. The summed E-state index contributed by atoms with van der Waals surface area (Å²) in [5.41, 5.74) is 1.34. The zero-order valence-corrected chi connectivity index (χ0v) is 17.7. The third-order valence-corrected chi connectivity index (χ3v) is 5.31. The molecule has 4 nitrogen and oxygen atoms in total. The fourth-order valence-electron chi connectivity index (χ4n) is 3.65. The van der Waals surface area contributed by atoms with Crippen molar-refractivity contribution in [3.8, 4) is 11.5 Å². The number of amides is 1. The van der Waals surface area contributed by atoms with Crippen LogP contribution in [0.3, 0.4) is 0 Å². The number of carbonyl (C=O) groups excluding carboxylic acids is 1. The van der Waals surface area contributed by atoms with E-state index in [-0.39, 0.29) is 5.91 Å². The van der Waals surface area contributed by atoms with Crippen LogP contribution in [0, 0.1) is 11.8 Å². The molecule has 29 heavy (non-hydrogen) atoms. The van der Waals surface area contributed by atoms with Gasteiger partial charge in [-0.2, -0.15) is 0 Å². The van der Waals surface area contributed by atoms with Gasteiger partial charge in [-0.25, -0.2) is 0 Å². The van der Waals surface area contributed by atoms with E-state index in [9.17, 15) is 4.79 Å².